The Kier molecular flexibility index (Phi) is 30.4. The topological polar surface area (TPSA) is 259 Å². The Balaban J connectivity index is 4.13. The van der Waals surface area contributed by atoms with Crippen LogP contribution in [-0.4, -0.2) is 216 Å². The normalized spacial score (nSPS) is 26.2. The largest absolute Gasteiger partial charge is 0.343 e. The summed E-state index contributed by atoms with van der Waals surface area (Å²) in [6.45, 7) is 25.9. The fourth-order valence-corrected chi connectivity index (χ4v) is 9.82. The number of hydrogen-bond acceptors (Lipinski definition) is 11. The van der Waals surface area contributed by atoms with Gasteiger partial charge in [-0.1, -0.05) is 95.2 Å². The van der Waals surface area contributed by atoms with Crippen LogP contribution in [0.15, 0.2) is 12.2 Å². The van der Waals surface area contributed by atoms with Crippen LogP contribution in [0, 0.1) is 35.5 Å². The van der Waals surface area contributed by atoms with Crippen molar-refractivity contribution in [1.82, 2.24) is 55.6 Å². The van der Waals surface area contributed by atoms with Gasteiger partial charge in [-0.2, -0.15) is 0 Å². The highest BCUT2D eigenvalue weighted by Crippen LogP contribution is 2.23. The first-order valence-corrected chi connectivity index (χ1v) is 29.1. The molecule has 11 amide bonds. The SMILES string of the molecule is C/C=C/C[C@@H](C)C[C@H]1C(=O)N[C@@H](CC)C(=O)N(C)CC(=O)N(C)[C@@H](CC(C)C)C(=O)NC(C(C)C)C(=O)N(C)[C@@H](CC(C)C)C(=O)N[C@@H](C)C(=O)N[C@H](C)C(=O)N(C)[C@@H](CC(C)C)C(=O)N(C)[C@@H](CC(C)C)C(=O)N(C)CC(=O)N1C. The van der Waals surface area contributed by atoms with Crippen molar-refractivity contribution in [3.05, 3.63) is 12.2 Å². The molecule has 1 fully saturated rings. The van der Waals surface area contributed by atoms with Crippen LogP contribution in [-0.2, 0) is 52.7 Å². The fourth-order valence-electron chi connectivity index (χ4n) is 9.82. The van der Waals surface area contributed by atoms with Crippen LogP contribution in [0.2, 0.25) is 0 Å². The Morgan fingerprint density at radius 3 is 1.25 bits per heavy atom. The molecule has 10 atom stereocenters. The molecule has 1 rings (SSSR count). The molecular weight excluding hydrogens is 1040 g/mol. The molecule has 0 aromatic heterocycles. The number of likely N-dealkylation sites (N-methyl/N-ethyl adjacent to an activating group) is 7. The van der Waals surface area contributed by atoms with E-state index in [1.165, 1.54) is 92.6 Å². The average molecular weight is 1140 g/mol. The summed E-state index contributed by atoms with van der Waals surface area (Å²) in [4.78, 5) is 166. The van der Waals surface area contributed by atoms with E-state index >= 15 is 0 Å². The highest BCUT2D eigenvalue weighted by Gasteiger charge is 2.41. The standard InChI is InChI=1S/C59H105N11O11/c1-23-25-26-39(13)31-45-53(75)62-42(24-2)56(78)64(16)32-48(71)66(18)43(27-34(3)4)54(76)63-50(38(11)12)59(81)68(20)44(28-35(5)6)52(74)60-40(14)51(73)61-41(15)55(77)69(21)47(30-37(9)10)58(80)70(22)46(29-36(7)8)57(79)65(17)33-49(72)67(45)19/h23,25,34-47,50H,24,26-33H2,1-22H3,(H,60,74)(H,61,73)(H,62,75)(H,63,76)/b25-23+/t39-,40+,41-,42+,43+,44+,45+,46+,47+,50?/m1/s1. The average Bonchev–Trinajstić information content (AvgIpc) is 3.39. The van der Waals surface area contributed by atoms with Gasteiger partial charge in [-0.15, -0.1) is 0 Å². The van der Waals surface area contributed by atoms with Gasteiger partial charge in [-0.25, -0.2) is 0 Å². The molecule has 1 saturated heterocycles. The molecule has 81 heavy (non-hydrogen) atoms. The minimum absolute atomic E-state index is 0.108. The summed E-state index contributed by atoms with van der Waals surface area (Å²) in [5.74, 6) is -7.80. The lowest BCUT2D eigenvalue weighted by molar-refractivity contribution is -0.152. The summed E-state index contributed by atoms with van der Waals surface area (Å²) in [6.07, 6.45) is 5.45. The van der Waals surface area contributed by atoms with Gasteiger partial charge in [-0.05, 0) is 101 Å². The number of rotatable bonds is 14. The number of nitrogens with zero attached hydrogens (tertiary/aromatic N) is 7. The van der Waals surface area contributed by atoms with Crippen molar-refractivity contribution < 1.29 is 52.7 Å². The zero-order valence-electron chi connectivity index (χ0n) is 53.3. The lowest BCUT2D eigenvalue weighted by atomic mass is 9.96. The quantitative estimate of drug-likeness (QED) is 0.184. The van der Waals surface area contributed by atoms with Gasteiger partial charge in [0, 0.05) is 49.3 Å². The Morgan fingerprint density at radius 2 is 0.802 bits per heavy atom. The Hall–Kier alpha value is -6.09. The third kappa shape index (κ3) is 22.0. The molecule has 22 nitrogen and oxygen atoms in total. The Morgan fingerprint density at radius 1 is 0.432 bits per heavy atom. The van der Waals surface area contributed by atoms with E-state index < -0.39 is 138 Å². The van der Waals surface area contributed by atoms with Crippen molar-refractivity contribution in [2.75, 3.05) is 62.4 Å². The molecule has 22 heteroatoms. The predicted octanol–water partition coefficient (Wildman–Crippen LogP) is 3.27. The number of nitrogens with one attached hydrogen (secondary N) is 4. The van der Waals surface area contributed by atoms with Crippen LogP contribution in [0.1, 0.15) is 149 Å². The third-order valence-electron chi connectivity index (χ3n) is 15.1. The van der Waals surface area contributed by atoms with E-state index in [2.05, 4.69) is 21.3 Å². The van der Waals surface area contributed by atoms with Crippen LogP contribution in [0.3, 0.4) is 0 Å². The van der Waals surface area contributed by atoms with Gasteiger partial charge in [0.1, 0.15) is 54.4 Å². The molecule has 1 heterocycles. The lowest BCUT2D eigenvalue weighted by Crippen LogP contribution is -2.60. The summed E-state index contributed by atoms with van der Waals surface area (Å²) in [7, 11) is 10.1. The fraction of sp³-hybridized carbons (Fsp3) is 0.780. The van der Waals surface area contributed by atoms with Crippen LogP contribution in [0.25, 0.3) is 0 Å². The summed E-state index contributed by atoms with van der Waals surface area (Å²) in [6, 6.07) is -10.2. The van der Waals surface area contributed by atoms with E-state index in [1.54, 1.807) is 20.8 Å². The molecule has 0 bridgehead atoms. The molecule has 0 aliphatic carbocycles. The summed E-state index contributed by atoms with van der Waals surface area (Å²) >= 11 is 0. The maximum absolute atomic E-state index is 14.7. The second kappa shape index (κ2) is 33.7. The van der Waals surface area contributed by atoms with Crippen LogP contribution in [0.4, 0.5) is 0 Å². The van der Waals surface area contributed by atoms with Gasteiger partial charge in [0.05, 0.1) is 13.1 Å². The van der Waals surface area contributed by atoms with Gasteiger partial charge >= 0.3 is 0 Å². The minimum Gasteiger partial charge on any atom is -0.343 e. The van der Waals surface area contributed by atoms with Crippen LogP contribution in [0.5, 0.6) is 0 Å². The number of allylic oxidation sites excluding steroid dienone is 2. The van der Waals surface area contributed by atoms with E-state index in [4.69, 9.17) is 0 Å². The van der Waals surface area contributed by atoms with Gasteiger partial charge in [0.25, 0.3) is 0 Å². The van der Waals surface area contributed by atoms with E-state index in [1.807, 2.05) is 81.4 Å². The Bertz CT molecular complexity index is 2200. The molecule has 462 valence electrons. The molecule has 1 unspecified atom stereocenters. The second-order valence-electron chi connectivity index (χ2n) is 24.6. The van der Waals surface area contributed by atoms with Crippen molar-refractivity contribution in [2.24, 2.45) is 35.5 Å². The number of amides is 11. The predicted molar refractivity (Wildman–Crippen MR) is 313 cm³/mol. The first-order valence-electron chi connectivity index (χ1n) is 29.1. The number of carbonyl (C=O) groups excluding carboxylic acids is 11. The van der Waals surface area contributed by atoms with Crippen molar-refractivity contribution in [1.29, 1.82) is 0 Å². The summed E-state index contributed by atoms with van der Waals surface area (Å²) in [5.41, 5.74) is 0. The monoisotopic (exact) mass is 1140 g/mol. The number of carbonyl (C=O) groups is 11. The molecule has 0 saturated carbocycles. The van der Waals surface area contributed by atoms with Crippen molar-refractivity contribution in [3.63, 3.8) is 0 Å². The molecule has 1 aliphatic rings. The molecule has 4 N–H and O–H groups in total. The highest BCUT2D eigenvalue weighted by atomic mass is 16.2. The molecular formula is C59H105N11O11. The highest BCUT2D eigenvalue weighted by molar-refractivity contribution is 5.99. The lowest BCUT2D eigenvalue weighted by Gasteiger charge is -2.38. The Labute approximate surface area is 485 Å². The maximum Gasteiger partial charge on any atom is 0.245 e. The second-order valence-corrected chi connectivity index (χ2v) is 24.6. The summed E-state index contributed by atoms with van der Waals surface area (Å²) < 4.78 is 0. The third-order valence-corrected chi connectivity index (χ3v) is 15.1. The zero-order chi connectivity index (χ0) is 62.7. The van der Waals surface area contributed by atoms with E-state index in [9.17, 15) is 52.7 Å². The van der Waals surface area contributed by atoms with Gasteiger partial charge < -0.3 is 55.6 Å². The molecule has 0 aromatic rings. The molecule has 1 aliphatic heterocycles. The smallest absolute Gasteiger partial charge is 0.245 e. The van der Waals surface area contributed by atoms with Gasteiger partial charge in [0.2, 0.25) is 65.0 Å². The van der Waals surface area contributed by atoms with E-state index in [-0.39, 0.29) is 68.1 Å². The number of hydrogen-bond donors (Lipinski definition) is 4. The van der Waals surface area contributed by atoms with E-state index in [0.29, 0.717) is 6.42 Å². The first-order chi connectivity index (χ1) is 37.4. The van der Waals surface area contributed by atoms with Gasteiger partial charge in [0.15, 0.2) is 0 Å². The molecule has 0 aromatic carbocycles. The molecule has 0 spiro atoms. The van der Waals surface area contributed by atoms with Crippen molar-refractivity contribution >= 4 is 65.0 Å². The maximum atomic E-state index is 14.7. The van der Waals surface area contributed by atoms with Gasteiger partial charge in [-0.3, -0.25) is 52.7 Å². The van der Waals surface area contributed by atoms with Crippen LogP contribution >= 0.6 is 0 Å². The van der Waals surface area contributed by atoms with E-state index in [0.717, 1.165) is 4.90 Å². The zero-order valence-corrected chi connectivity index (χ0v) is 53.3. The minimum atomic E-state index is -1.21. The van der Waals surface area contributed by atoms with Crippen molar-refractivity contribution in [3.8, 4) is 0 Å². The van der Waals surface area contributed by atoms with Crippen LogP contribution < -0.4 is 21.3 Å². The first kappa shape index (κ1) is 72.9. The molecule has 0 radical (unpaired) electrons. The van der Waals surface area contributed by atoms with Crippen molar-refractivity contribution in [2.45, 2.75) is 203 Å². The summed E-state index contributed by atoms with van der Waals surface area (Å²) in [5, 5.41) is 11.1.